The summed E-state index contributed by atoms with van der Waals surface area (Å²) in [6.07, 6.45) is 0. The van der Waals surface area contributed by atoms with Crippen LogP contribution in [0.15, 0.2) is 102 Å². The number of fused-ring (bicyclic) bond motifs is 1. The van der Waals surface area contributed by atoms with Crippen molar-refractivity contribution >= 4 is 44.7 Å². The van der Waals surface area contributed by atoms with Crippen molar-refractivity contribution < 1.29 is 13.2 Å². The van der Waals surface area contributed by atoms with Crippen molar-refractivity contribution in [1.82, 2.24) is 10.3 Å². The average Bonchev–Trinajstić information content (AvgIpc) is 2.89. The number of carbonyl (C=O) groups excluding carboxylic acids is 1. The molecular weight excluding hydrogens is 482 g/mol. The van der Waals surface area contributed by atoms with Gasteiger partial charge >= 0.3 is 0 Å². The van der Waals surface area contributed by atoms with Gasteiger partial charge in [0, 0.05) is 42.7 Å². The normalized spacial score (nSPS) is 14.3. The second-order valence-corrected chi connectivity index (χ2v) is 9.91. The van der Waals surface area contributed by atoms with E-state index in [9.17, 15) is 13.2 Å². The molecule has 0 amide bonds. The standard InChI is InChI=1S/C27H25N3O3S.ClH/c31-27(22-9-2-1-3-10-22)23-12-6-13-24(20-23)30(29-18-16-28-17-19-29)34(32,33)26-15-7-11-21-8-4-5-14-25(21)26;/h1-15,20,28H,16-19H2;1H. The largest absolute Gasteiger partial charge is 0.314 e. The molecule has 0 bridgehead atoms. The summed E-state index contributed by atoms with van der Waals surface area (Å²) in [6, 6.07) is 28.7. The van der Waals surface area contributed by atoms with Gasteiger partial charge in [0.05, 0.1) is 10.6 Å². The van der Waals surface area contributed by atoms with Crippen molar-refractivity contribution in [2.24, 2.45) is 0 Å². The SMILES string of the molecule is Cl.O=C(c1ccccc1)c1cccc(N(N2CCNCC2)S(=O)(=O)c2cccc3ccccc23)c1. The van der Waals surface area contributed by atoms with Gasteiger partial charge in [0.15, 0.2) is 5.78 Å². The van der Waals surface area contributed by atoms with E-state index in [1.807, 2.05) is 53.5 Å². The number of hydrazine groups is 1. The molecule has 0 spiro atoms. The quantitative estimate of drug-likeness (QED) is 0.389. The number of halogens is 1. The van der Waals surface area contributed by atoms with Crippen LogP contribution in [-0.2, 0) is 10.0 Å². The van der Waals surface area contributed by atoms with Gasteiger partial charge in [-0.3, -0.25) is 4.79 Å². The van der Waals surface area contributed by atoms with Crippen LogP contribution in [-0.4, -0.2) is 45.4 Å². The molecule has 1 fully saturated rings. The molecule has 5 rings (SSSR count). The fourth-order valence-corrected chi connectivity index (χ4v) is 6.08. The van der Waals surface area contributed by atoms with Gasteiger partial charge in [0.25, 0.3) is 10.0 Å². The van der Waals surface area contributed by atoms with Crippen LogP contribution >= 0.6 is 12.4 Å². The van der Waals surface area contributed by atoms with Crippen LogP contribution in [0.5, 0.6) is 0 Å². The van der Waals surface area contributed by atoms with Gasteiger partial charge in [-0.2, -0.15) is 12.8 Å². The average molecular weight is 508 g/mol. The zero-order valence-corrected chi connectivity index (χ0v) is 20.6. The summed E-state index contributed by atoms with van der Waals surface area (Å²) in [5, 5.41) is 6.64. The summed E-state index contributed by atoms with van der Waals surface area (Å²) < 4.78 is 29.7. The highest BCUT2D eigenvalue weighted by atomic mass is 35.5. The zero-order valence-electron chi connectivity index (χ0n) is 19.0. The Hall–Kier alpha value is -3.23. The summed E-state index contributed by atoms with van der Waals surface area (Å²) in [7, 11) is -3.97. The number of ketones is 1. The third-order valence-electron chi connectivity index (χ3n) is 5.97. The van der Waals surface area contributed by atoms with Gasteiger partial charge in [-0.05, 0) is 23.6 Å². The maximum atomic E-state index is 14.2. The number of sulfonamides is 1. The van der Waals surface area contributed by atoms with E-state index in [4.69, 9.17) is 0 Å². The number of hydrogen-bond acceptors (Lipinski definition) is 5. The first-order valence-electron chi connectivity index (χ1n) is 11.2. The van der Waals surface area contributed by atoms with Crippen molar-refractivity contribution in [3.8, 4) is 0 Å². The van der Waals surface area contributed by atoms with E-state index < -0.39 is 10.0 Å². The summed E-state index contributed by atoms with van der Waals surface area (Å²) in [4.78, 5) is 13.3. The fraction of sp³-hybridized carbons (Fsp3) is 0.148. The van der Waals surface area contributed by atoms with Crippen LogP contribution in [0.4, 0.5) is 5.69 Å². The fourth-order valence-electron chi connectivity index (χ4n) is 4.32. The Balaban J connectivity index is 0.00000289. The molecule has 4 aromatic rings. The lowest BCUT2D eigenvalue weighted by Crippen LogP contribution is -2.54. The third kappa shape index (κ3) is 4.94. The molecule has 4 aromatic carbocycles. The molecule has 0 saturated carbocycles. The molecule has 180 valence electrons. The van der Waals surface area contributed by atoms with Gasteiger partial charge in [0.2, 0.25) is 0 Å². The van der Waals surface area contributed by atoms with E-state index in [0.29, 0.717) is 48.4 Å². The molecule has 1 heterocycles. The first-order chi connectivity index (χ1) is 16.6. The highest BCUT2D eigenvalue weighted by Crippen LogP contribution is 2.31. The van der Waals surface area contributed by atoms with Gasteiger partial charge in [-0.1, -0.05) is 78.9 Å². The zero-order chi connectivity index (χ0) is 23.5. The second kappa shape index (κ2) is 10.6. The Morgan fingerprint density at radius 1 is 0.771 bits per heavy atom. The van der Waals surface area contributed by atoms with Gasteiger partial charge in [-0.15, -0.1) is 12.4 Å². The molecule has 0 aromatic heterocycles. The Morgan fingerprint density at radius 3 is 2.17 bits per heavy atom. The molecule has 0 atom stereocenters. The Bertz CT molecular complexity index is 1430. The minimum Gasteiger partial charge on any atom is -0.314 e. The van der Waals surface area contributed by atoms with E-state index >= 15 is 0 Å². The smallest absolute Gasteiger partial charge is 0.278 e. The lowest BCUT2D eigenvalue weighted by molar-refractivity contribution is 0.103. The summed E-state index contributed by atoms with van der Waals surface area (Å²) in [5.74, 6) is -0.148. The van der Waals surface area contributed by atoms with E-state index in [1.165, 1.54) is 4.41 Å². The number of anilines is 1. The Labute approximate surface area is 211 Å². The van der Waals surface area contributed by atoms with Gasteiger partial charge in [0.1, 0.15) is 0 Å². The van der Waals surface area contributed by atoms with Gasteiger partial charge in [-0.25, -0.2) is 5.01 Å². The summed E-state index contributed by atoms with van der Waals surface area (Å²) in [6.45, 7) is 2.40. The molecule has 1 saturated heterocycles. The van der Waals surface area contributed by atoms with Crippen molar-refractivity contribution in [2.45, 2.75) is 4.90 Å². The Kier molecular flexibility index (Phi) is 7.52. The van der Waals surface area contributed by atoms with Crippen molar-refractivity contribution in [1.29, 1.82) is 0 Å². The summed E-state index contributed by atoms with van der Waals surface area (Å²) in [5.41, 5.74) is 1.44. The number of benzene rings is 4. The highest BCUT2D eigenvalue weighted by Gasteiger charge is 2.33. The number of nitrogens with zero attached hydrogens (tertiary/aromatic N) is 2. The third-order valence-corrected chi connectivity index (χ3v) is 7.78. The van der Waals surface area contributed by atoms with E-state index in [2.05, 4.69) is 5.32 Å². The molecule has 0 unspecified atom stereocenters. The maximum absolute atomic E-state index is 14.2. The van der Waals surface area contributed by atoms with Crippen molar-refractivity contribution in [2.75, 3.05) is 30.6 Å². The molecule has 1 aliphatic heterocycles. The number of nitrogens with one attached hydrogen (secondary N) is 1. The van der Waals surface area contributed by atoms with Gasteiger partial charge < -0.3 is 5.32 Å². The minimum absolute atomic E-state index is 0. The van der Waals surface area contributed by atoms with Crippen LogP contribution < -0.4 is 9.73 Å². The van der Waals surface area contributed by atoms with E-state index in [1.54, 1.807) is 48.5 Å². The molecule has 1 N–H and O–H groups in total. The number of carbonyl (C=O) groups is 1. The topological polar surface area (TPSA) is 69.7 Å². The maximum Gasteiger partial charge on any atom is 0.278 e. The van der Waals surface area contributed by atoms with Crippen LogP contribution in [0.25, 0.3) is 10.8 Å². The second-order valence-electron chi connectivity index (χ2n) is 8.17. The molecule has 0 radical (unpaired) electrons. The molecule has 8 heteroatoms. The number of hydrogen-bond donors (Lipinski definition) is 1. The van der Waals surface area contributed by atoms with Crippen LogP contribution in [0.1, 0.15) is 15.9 Å². The van der Waals surface area contributed by atoms with Crippen LogP contribution in [0.2, 0.25) is 0 Å². The van der Waals surface area contributed by atoms with Crippen LogP contribution in [0, 0.1) is 0 Å². The first kappa shape index (κ1) is 24.9. The van der Waals surface area contributed by atoms with Crippen LogP contribution in [0.3, 0.4) is 0 Å². The predicted octanol–water partition coefficient (Wildman–Crippen LogP) is 4.51. The first-order valence-corrected chi connectivity index (χ1v) is 12.7. The monoisotopic (exact) mass is 507 g/mol. The highest BCUT2D eigenvalue weighted by molar-refractivity contribution is 7.93. The molecule has 0 aliphatic carbocycles. The lowest BCUT2D eigenvalue weighted by atomic mass is 10.0. The molecular formula is C27H26ClN3O3S. The molecule has 6 nitrogen and oxygen atoms in total. The lowest BCUT2D eigenvalue weighted by Gasteiger charge is -2.38. The molecule has 35 heavy (non-hydrogen) atoms. The van der Waals surface area contributed by atoms with Crippen molar-refractivity contribution in [3.05, 3.63) is 108 Å². The minimum atomic E-state index is -3.97. The van der Waals surface area contributed by atoms with E-state index in [0.717, 1.165) is 5.39 Å². The number of rotatable bonds is 6. The van der Waals surface area contributed by atoms with E-state index in [-0.39, 0.29) is 23.1 Å². The number of piperazine rings is 1. The summed E-state index contributed by atoms with van der Waals surface area (Å²) >= 11 is 0. The Morgan fingerprint density at radius 2 is 1.40 bits per heavy atom. The molecule has 1 aliphatic rings. The van der Waals surface area contributed by atoms with Crippen molar-refractivity contribution in [3.63, 3.8) is 0 Å². The predicted molar refractivity (Wildman–Crippen MR) is 142 cm³/mol.